The Kier molecular flexibility index (Phi) is 5.24. The maximum absolute atomic E-state index is 12.5. The van der Waals surface area contributed by atoms with E-state index in [1.54, 1.807) is 13.2 Å². The summed E-state index contributed by atoms with van der Waals surface area (Å²) in [4.78, 5) is 14.3. The van der Waals surface area contributed by atoms with E-state index in [9.17, 15) is 9.90 Å². The Morgan fingerprint density at radius 3 is 2.68 bits per heavy atom. The Morgan fingerprint density at radius 1 is 1.16 bits per heavy atom. The molecule has 1 aliphatic rings. The van der Waals surface area contributed by atoms with Crippen LogP contribution in [-0.2, 0) is 19.4 Å². The molecular formula is C20H23NO4. The number of rotatable bonds is 7. The summed E-state index contributed by atoms with van der Waals surface area (Å²) < 4.78 is 5.51. The zero-order chi connectivity index (χ0) is 17.8. The van der Waals surface area contributed by atoms with E-state index >= 15 is 0 Å². The van der Waals surface area contributed by atoms with Crippen LogP contribution in [0.1, 0.15) is 33.5 Å². The molecule has 0 unspecified atom stereocenters. The Hall–Kier alpha value is -2.53. The summed E-state index contributed by atoms with van der Waals surface area (Å²) in [6, 6.07) is 11.2. The van der Waals surface area contributed by atoms with Gasteiger partial charge in [0.15, 0.2) is 0 Å². The van der Waals surface area contributed by atoms with Gasteiger partial charge in [-0.25, -0.2) is 0 Å². The van der Waals surface area contributed by atoms with Crippen molar-refractivity contribution in [3.63, 3.8) is 0 Å². The lowest BCUT2D eigenvalue weighted by Gasteiger charge is -2.19. The molecule has 1 amide bonds. The first-order chi connectivity index (χ1) is 12.2. The van der Waals surface area contributed by atoms with E-state index in [4.69, 9.17) is 9.84 Å². The minimum absolute atomic E-state index is 0.0629. The van der Waals surface area contributed by atoms with Crippen molar-refractivity contribution < 1.29 is 19.7 Å². The van der Waals surface area contributed by atoms with Crippen LogP contribution in [0, 0.1) is 0 Å². The van der Waals surface area contributed by atoms with Crippen molar-refractivity contribution in [2.45, 2.75) is 25.8 Å². The molecule has 0 bridgehead atoms. The minimum Gasteiger partial charge on any atom is -0.508 e. The fourth-order valence-corrected chi connectivity index (χ4v) is 3.37. The quantitative estimate of drug-likeness (QED) is 0.812. The number of aromatic hydroxyl groups is 1. The summed E-state index contributed by atoms with van der Waals surface area (Å²) in [5.41, 5.74) is 3.51. The Labute approximate surface area is 147 Å². The van der Waals surface area contributed by atoms with Gasteiger partial charge in [-0.2, -0.15) is 0 Å². The average molecular weight is 341 g/mol. The van der Waals surface area contributed by atoms with Crippen LogP contribution >= 0.6 is 0 Å². The van der Waals surface area contributed by atoms with E-state index < -0.39 is 0 Å². The Balaban J connectivity index is 1.75. The number of fused-ring (bicyclic) bond motifs is 1. The van der Waals surface area contributed by atoms with Gasteiger partial charge in [0, 0.05) is 30.8 Å². The van der Waals surface area contributed by atoms with E-state index in [0.29, 0.717) is 43.7 Å². The van der Waals surface area contributed by atoms with Crippen molar-refractivity contribution in [2.75, 3.05) is 20.3 Å². The second kappa shape index (κ2) is 7.57. The zero-order valence-electron chi connectivity index (χ0n) is 14.4. The maximum Gasteiger partial charge on any atom is 0.254 e. The molecule has 0 aromatic heterocycles. The normalized spacial score (nSPS) is 13.2. The molecule has 1 aliphatic heterocycles. The highest BCUT2D eigenvalue weighted by atomic mass is 16.5. The van der Waals surface area contributed by atoms with Crippen LogP contribution in [-0.4, -0.2) is 41.3 Å². The van der Waals surface area contributed by atoms with Crippen LogP contribution in [0.25, 0.3) is 0 Å². The molecule has 0 saturated carbocycles. The maximum atomic E-state index is 12.5. The first-order valence-electron chi connectivity index (χ1n) is 8.51. The van der Waals surface area contributed by atoms with E-state index in [2.05, 4.69) is 0 Å². The van der Waals surface area contributed by atoms with E-state index in [1.165, 1.54) is 0 Å². The number of hydrogen-bond donors (Lipinski definition) is 2. The van der Waals surface area contributed by atoms with Crippen LogP contribution in [0.4, 0.5) is 0 Å². The molecule has 5 heteroatoms. The number of nitrogens with zero attached hydrogens (tertiary/aromatic N) is 1. The first kappa shape index (κ1) is 17.3. The number of carbonyl (C=O) groups is 1. The van der Waals surface area contributed by atoms with Gasteiger partial charge in [0.1, 0.15) is 11.5 Å². The largest absolute Gasteiger partial charge is 0.508 e. The summed E-state index contributed by atoms with van der Waals surface area (Å²) in [5, 5.41) is 19.1. The number of benzene rings is 2. The number of ether oxygens (including phenoxy) is 1. The van der Waals surface area contributed by atoms with Crippen molar-refractivity contribution >= 4 is 5.91 Å². The summed E-state index contributed by atoms with van der Waals surface area (Å²) in [5.74, 6) is 0.894. The van der Waals surface area contributed by atoms with E-state index in [1.807, 2.05) is 35.2 Å². The molecule has 0 spiro atoms. The molecule has 25 heavy (non-hydrogen) atoms. The fourth-order valence-electron chi connectivity index (χ4n) is 3.37. The molecule has 5 nitrogen and oxygen atoms in total. The zero-order valence-corrected chi connectivity index (χ0v) is 14.4. The minimum atomic E-state index is 0.0629. The second-order valence-corrected chi connectivity index (χ2v) is 6.22. The number of carbonyl (C=O) groups excluding carboxylic acids is 1. The van der Waals surface area contributed by atoms with Gasteiger partial charge >= 0.3 is 0 Å². The topological polar surface area (TPSA) is 70.0 Å². The van der Waals surface area contributed by atoms with Gasteiger partial charge in [-0.1, -0.05) is 24.3 Å². The average Bonchev–Trinajstić information content (AvgIpc) is 2.95. The fraction of sp³-hybridized carbons (Fsp3) is 0.350. The SMILES string of the molecule is COc1c(CCN2Cc3ccccc3C2=O)ccc(O)c1CCCO. The molecule has 0 atom stereocenters. The summed E-state index contributed by atoms with van der Waals surface area (Å²) in [7, 11) is 1.58. The van der Waals surface area contributed by atoms with Crippen LogP contribution in [0.3, 0.4) is 0 Å². The Bertz CT molecular complexity index is 772. The Morgan fingerprint density at radius 2 is 1.96 bits per heavy atom. The van der Waals surface area contributed by atoms with Crippen molar-refractivity contribution in [3.8, 4) is 11.5 Å². The molecule has 2 aromatic carbocycles. The predicted molar refractivity (Wildman–Crippen MR) is 95.0 cm³/mol. The lowest BCUT2D eigenvalue weighted by atomic mass is 10.0. The van der Waals surface area contributed by atoms with Crippen molar-refractivity contribution in [3.05, 3.63) is 58.7 Å². The van der Waals surface area contributed by atoms with Crippen molar-refractivity contribution in [1.82, 2.24) is 4.90 Å². The van der Waals surface area contributed by atoms with Crippen LogP contribution in [0.5, 0.6) is 11.5 Å². The molecule has 2 aromatic rings. The predicted octanol–water partition coefficient (Wildman–Crippen LogP) is 2.52. The number of phenols is 1. The van der Waals surface area contributed by atoms with Gasteiger partial charge in [0.05, 0.1) is 7.11 Å². The standard InChI is InChI=1S/C20H23NO4/c1-25-19-14(8-9-18(23)17(19)7-4-12-22)10-11-21-13-15-5-2-3-6-16(15)20(21)24/h2-3,5-6,8-9,22-23H,4,7,10-13H2,1H3. The molecule has 0 fully saturated rings. The lowest BCUT2D eigenvalue weighted by Crippen LogP contribution is -2.26. The van der Waals surface area contributed by atoms with Gasteiger partial charge in [-0.05, 0) is 42.5 Å². The number of amides is 1. The highest BCUT2D eigenvalue weighted by molar-refractivity contribution is 5.98. The summed E-state index contributed by atoms with van der Waals surface area (Å²) in [6.07, 6.45) is 1.76. The highest BCUT2D eigenvalue weighted by Gasteiger charge is 2.26. The van der Waals surface area contributed by atoms with E-state index in [0.717, 1.165) is 16.7 Å². The number of aliphatic hydroxyl groups excluding tert-OH is 1. The van der Waals surface area contributed by atoms with E-state index in [-0.39, 0.29) is 18.3 Å². The van der Waals surface area contributed by atoms with Crippen LogP contribution in [0.2, 0.25) is 0 Å². The van der Waals surface area contributed by atoms with Crippen molar-refractivity contribution in [1.29, 1.82) is 0 Å². The third kappa shape index (κ3) is 3.46. The van der Waals surface area contributed by atoms with Gasteiger partial charge in [0.25, 0.3) is 5.91 Å². The molecule has 2 N–H and O–H groups in total. The van der Waals surface area contributed by atoms with Gasteiger partial charge in [-0.15, -0.1) is 0 Å². The first-order valence-corrected chi connectivity index (χ1v) is 8.51. The summed E-state index contributed by atoms with van der Waals surface area (Å²) >= 11 is 0. The molecule has 0 saturated heterocycles. The molecule has 0 aliphatic carbocycles. The smallest absolute Gasteiger partial charge is 0.254 e. The third-order valence-corrected chi connectivity index (χ3v) is 4.65. The summed E-state index contributed by atoms with van der Waals surface area (Å²) in [6.45, 7) is 1.29. The number of phenolic OH excluding ortho intramolecular Hbond substituents is 1. The number of methoxy groups -OCH3 is 1. The molecule has 132 valence electrons. The van der Waals surface area contributed by atoms with Crippen LogP contribution in [0.15, 0.2) is 36.4 Å². The second-order valence-electron chi connectivity index (χ2n) is 6.22. The van der Waals surface area contributed by atoms with Gasteiger partial charge in [0.2, 0.25) is 0 Å². The highest BCUT2D eigenvalue weighted by Crippen LogP contribution is 2.33. The monoisotopic (exact) mass is 341 g/mol. The lowest BCUT2D eigenvalue weighted by molar-refractivity contribution is 0.0780. The number of hydrogen-bond acceptors (Lipinski definition) is 4. The molecule has 1 heterocycles. The third-order valence-electron chi connectivity index (χ3n) is 4.65. The molecule has 3 rings (SSSR count). The van der Waals surface area contributed by atoms with Crippen LogP contribution < -0.4 is 4.74 Å². The van der Waals surface area contributed by atoms with Gasteiger partial charge in [-0.3, -0.25) is 4.79 Å². The molecule has 0 radical (unpaired) electrons. The number of aliphatic hydroxyl groups is 1. The van der Waals surface area contributed by atoms with Gasteiger partial charge < -0.3 is 19.8 Å². The van der Waals surface area contributed by atoms with Crippen molar-refractivity contribution in [2.24, 2.45) is 0 Å². The molecular weight excluding hydrogens is 318 g/mol.